The van der Waals surface area contributed by atoms with Gasteiger partial charge in [-0.3, -0.25) is 18.7 Å². The van der Waals surface area contributed by atoms with Crippen LogP contribution in [-0.2, 0) is 0 Å². The quantitative estimate of drug-likeness (QED) is 0.787. The fourth-order valence-electron chi connectivity index (χ4n) is 3.26. The summed E-state index contributed by atoms with van der Waals surface area (Å²) < 4.78 is 3.66. The summed E-state index contributed by atoms with van der Waals surface area (Å²) in [6.45, 7) is 0. The maximum atomic E-state index is 12.6. The van der Waals surface area contributed by atoms with E-state index in [0.717, 1.165) is 25.7 Å². The minimum Gasteiger partial charge on any atom is -0.348 e. The Kier molecular flexibility index (Phi) is 3.89. The van der Waals surface area contributed by atoms with Crippen LogP contribution in [0.4, 0.5) is 0 Å². The molecule has 1 aliphatic carbocycles. The zero-order chi connectivity index (χ0) is 16.5. The molecule has 0 aromatic carbocycles. The molecule has 124 valence electrons. The van der Waals surface area contributed by atoms with Crippen LogP contribution in [0.2, 0.25) is 0 Å². The van der Waals surface area contributed by atoms with Crippen molar-refractivity contribution in [1.82, 2.24) is 24.5 Å². The predicted molar refractivity (Wildman–Crippen MR) is 90.3 cm³/mol. The summed E-state index contributed by atoms with van der Waals surface area (Å²) in [5.41, 5.74) is -0.0366. The van der Waals surface area contributed by atoms with E-state index in [0.29, 0.717) is 16.7 Å². The molecule has 0 spiro atoms. The summed E-state index contributed by atoms with van der Waals surface area (Å²) in [4.78, 5) is 28.7. The molecule has 3 aromatic heterocycles. The molecule has 3 aromatic rings. The third-order valence-electron chi connectivity index (χ3n) is 4.48. The van der Waals surface area contributed by atoms with E-state index in [1.165, 1.54) is 17.4 Å². The number of carbonyl (C=O) groups excluding carboxylic acids is 1. The lowest BCUT2D eigenvalue weighted by Gasteiger charge is -2.29. The SMILES string of the molecule is O=C(NC1CCC(n2cccn2)CC1)c1cc(=O)nc2sccn12. The van der Waals surface area contributed by atoms with Crippen molar-refractivity contribution in [2.75, 3.05) is 0 Å². The van der Waals surface area contributed by atoms with E-state index < -0.39 is 0 Å². The van der Waals surface area contributed by atoms with Crippen LogP contribution in [0, 0.1) is 0 Å². The monoisotopic (exact) mass is 343 g/mol. The normalized spacial score (nSPS) is 21.0. The Morgan fingerprint density at radius 3 is 2.83 bits per heavy atom. The summed E-state index contributed by atoms with van der Waals surface area (Å²) in [6, 6.07) is 3.76. The van der Waals surface area contributed by atoms with E-state index in [4.69, 9.17) is 0 Å². The molecule has 0 saturated heterocycles. The molecular weight excluding hydrogens is 326 g/mol. The first-order chi connectivity index (χ1) is 11.7. The Hall–Kier alpha value is -2.48. The fourth-order valence-corrected chi connectivity index (χ4v) is 3.98. The average molecular weight is 343 g/mol. The third-order valence-corrected chi connectivity index (χ3v) is 5.24. The molecule has 1 amide bonds. The van der Waals surface area contributed by atoms with E-state index in [2.05, 4.69) is 15.4 Å². The maximum Gasteiger partial charge on any atom is 0.274 e. The van der Waals surface area contributed by atoms with Crippen LogP contribution < -0.4 is 10.9 Å². The number of nitrogens with one attached hydrogen (secondary N) is 1. The number of hydrogen-bond donors (Lipinski definition) is 1. The van der Waals surface area contributed by atoms with Gasteiger partial charge in [-0.15, -0.1) is 11.3 Å². The van der Waals surface area contributed by atoms with Crippen molar-refractivity contribution in [3.63, 3.8) is 0 Å². The molecule has 8 heteroatoms. The Balaban J connectivity index is 1.45. The van der Waals surface area contributed by atoms with Gasteiger partial charge in [-0.1, -0.05) is 0 Å². The number of rotatable bonds is 3. The molecule has 1 N–H and O–H groups in total. The first-order valence-electron chi connectivity index (χ1n) is 7.97. The molecule has 1 fully saturated rings. The third kappa shape index (κ3) is 2.84. The van der Waals surface area contributed by atoms with Crippen molar-refractivity contribution in [3.05, 3.63) is 52.2 Å². The molecule has 24 heavy (non-hydrogen) atoms. The summed E-state index contributed by atoms with van der Waals surface area (Å²) >= 11 is 1.34. The second kappa shape index (κ2) is 6.20. The van der Waals surface area contributed by atoms with Gasteiger partial charge >= 0.3 is 0 Å². The molecule has 0 unspecified atom stereocenters. The molecule has 1 aliphatic rings. The topological polar surface area (TPSA) is 81.3 Å². The van der Waals surface area contributed by atoms with Crippen molar-refractivity contribution in [3.8, 4) is 0 Å². The van der Waals surface area contributed by atoms with E-state index >= 15 is 0 Å². The lowest BCUT2D eigenvalue weighted by atomic mass is 9.91. The lowest BCUT2D eigenvalue weighted by Crippen LogP contribution is -2.39. The van der Waals surface area contributed by atoms with Crippen LogP contribution in [0.1, 0.15) is 42.2 Å². The minimum absolute atomic E-state index is 0.127. The second-order valence-electron chi connectivity index (χ2n) is 6.00. The lowest BCUT2D eigenvalue weighted by molar-refractivity contribution is 0.0915. The van der Waals surface area contributed by atoms with Crippen molar-refractivity contribution in [2.45, 2.75) is 37.8 Å². The predicted octanol–water partition coefficient (Wildman–Crippen LogP) is 1.87. The number of thiazole rings is 1. The summed E-state index contributed by atoms with van der Waals surface area (Å²) in [5, 5.41) is 9.17. The smallest absolute Gasteiger partial charge is 0.274 e. The van der Waals surface area contributed by atoms with Crippen LogP contribution in [0.3, 0.4) is 0 Å². The van der Waals surface area contributed by atoms with Gasteiger partial charge in [0.1, 0.15) is 5.69 Å². The van der Waals surface area contributed by atoms with Crippen molar-refractivity contribution >= 4 is 22.2 Å². The van der Waals surface area contributed by atoms with E-state index in [9.17, 15) is 9.59 Å². The van der Waals surface area contributed by atoms with E-state index in [1.807, 2.05) is 22.3 Å². The van der Waals surface area contributed by atoms with Crippen LogP contribution in [0.15, 0.2) is 40.9 Å². The second-order valence-corrected chi connectivity index (χ2v) is 6.87. The first kappa shape index (κ1) is 15.1. The van der Waals surface area contributed by atoms with Gasteiger partial charge in [0.25, 0.3) is 11.5 Å². The Morgan fingerprint density at radius 1 is 1.25 bits per heavy atom. The number of hydrogen-bond acceptors (Lipinski definition) is 5. The number of aromatic nitrogens is 4. The molecule has 4 rings (SSSR count). The fraction of sp³-hybridized carbons (Fsp3) is 0.375. The molecule has 0 bridgehead atoms. The number of nitrogens with zero attached hydrogens (tertiary/aromatic N) is 4. The minimum atomic E-state index is -0.384. The molecule has 7 nitrogen and oxygen atoms in total. The van der Waals surface area contributed by atoms with Gasteiger partial charge in [0.15, 0.2) is 4.96 Å². The van der Waals surface area contributed by atoms with Gasteiger partial charge in [0, 0.05) is 36.1 Å². The average Bonchev–Trinajstić information content (AvgIpc) is 3.26. The zero-order valence-corrected chi connectivity index (χ0v) is 13.8. The van der Waals surface area contributed by atoms with Crippen LogP contribution >= 0.6 is 11.3 Å². The maximum absolute atomic E-state index is 12.6. The van der Waals surface area contributed by atoms with Gasteiger partial charge in [-0.25, -0.2) is 0 Å². The highest BCUT2D eigenvalue weighted by molar-refractivity contribution is 7.15. The summed E-state index contributed by atoms with van der Waals surface area (Å²) in [5.74, 6) is -0.217. The molecule has 3 heterocycles. The van der Waals surface area contributed by atoms with Gasteiger partial charge in [-0.05, 0) is 31.7 Å². The standard InChI is InChI=1S/C16H17N5O2S/c22-14-10-13(20-8-9-24-16(20)19-14)15(23)18-11-2-4-12(5-3-11)21-7-1-6-17-21/h1,6-12H,2-5H2,(H,18,23). The van der Waals surface area contributed by atoms with Crippen LogP contribution in [0.5, 0.6) is 0 Å². The van der Waals surface area contributed by atoms with Crippen molar-refractivity contribution < 1.29 is 4.79 Å². The summed E-state index contributed by atoms with van der Waals surface area (Å²) in [7, 11) is 0. The van der Waals surface area contributed by atoms with Gasteiger partial charge in [-0.2, -0.15) is 10.1 Å². The Bertz CT molecular complexity index is 906. The number of amides is 1. The Morgan fingerprint density at radius 2 is 2.08 bits per heavy atom. The first-order valence-corrected chi connectivity index (χ1v) is 8.85. The van der Waals surface area contributed by atoms with Gasteiger partial charge in [0.05, 0.1) is 6.04 Å². The van der Waals surface area contributed by atoms with Crippen molar-refractivity contribution in [1.29, 1.82) is 0 Å². The molecule has 0 radical (unpaired) electrons. The van der Waals surface area contributed by atoms with Crippen molar-refractivity contribution in [2.24, 2.45) is 0 Å². The Labute approximate surface area is 142 Å². The molecule has 0 atom stereocenters. The molecule has 0 aliphatic heterocycles. The highest BCUT2D eigenvalue weighted by Gasteiger charge is 2.24. The van der Waals surface area contributed by atoms with E-state index in [1.54, 1.807) is 16.8 Å². The highest BCUT2D eigenvalue weighted by atomic mass is 32.1. The molecular formula is C16H17N5O2S. The van der Waals surface area contributed by atoms with E-state index in [-0.39, 0.29) is 17.5 Å². The van der Waals surface area contributed by atoms with Gasteiger partial charge in [0.2, 0.25) is 0 Å². The zero-order valence-electron chi connectivity index (χ0n) is 13.0. The molecule has 1 saturated carbocycles. The number of carbonyl (C=O) groups is 1. The van der Waals surface area contributed by atoms with Gasteiger partial charge < -0.3 is 5.32 Å². The van der Waals surface area contributed by atoms with Crippen LogP contribution in [-0.4, -0.2) is 31.1 Å². The summed E-state index contributed by atoms with van der Waals surface area (Å²) in [6.07, 6.45) is 9.32. The highest BCUT2D eigenvalue weighted by Crippen LogP contribution is 2.27. The number of fused-ring (bicyclic) bond motifs is 1. The van der Waals surface area contributed by atoms with Crippen LogP contribution in [0.25, 0.3) is 4.96 Å². The largest absolute Gasteiger partial charge is 0.348 e.